The third-order valence-electron chi connectivity index (χ3n) is 3.21. The van der Waals surface area contributed by atoms with E-state index in [-0.39, 0.29) is 11.8 Å². The van der Waals surface area contributed by atoms with Gasteiger partial charge in [0.1, 0.15) is 0 Å². The van der Waals surface area contributed by atoms with Gasteiger partial charge in [0.15, 0.2) is 9.84 Å². The molecule has 0 bridgehead atoms. The van der Waals surface area contributed by atoms with Crippen LogP contribution in [0, 0.1) is 0 Å². The van der Waals surface area contributed by atoms with E-state index in [4.69, 9.17) is 5.73 Å². The molecule has 0 spiro atoms. The van der Waals surface area contributed by atoms with Crippen LogP contribution in [0.1, 0.15) is 33.6 Å². The van der Waals surface area contributed by atoms with E-state index in [1.807, 2.05) is 19.1 Å². The maximum atomic E-state index is 12.4. The van der Waals surface area contributed by atoms with Gasteiger partial charge in [-0.3, -0.25) is 0 Å². The van der Waals surface area contributed by atoms with E-state index in [0.717, 1.165) is 18.7 Å². The molecule has 0 unspecified atom stereocenters. The molecule has 1 aromatic rings. The van der Waals surface area contributed by atoms with E-state index >= 15 is 0 Å². The van der Waals surface area contributed by atoms with Crippen molar-refractivity contribution >= 4 is 15.5 Å². The van der Waals surface area contributed by atoms with E-state index in [2.05, 4.69) is 18.7 Å². The van der Waals surface area contributed by atoms with Crippen LogP contribution in [0.25, 0.3) is 0 Å². The lowest BCUT2D eigenvalue weighted by atomic mass is 10.2. The Labute approximate surface area is 122 Å². The fourth-order valence-corrected chi connectivity index (χ4v) is 3.80. The highest BCUT2D eigenvalue weighted by Crippen LogP contribution is 2.28. The van der Waals surface area contributed by atoms with E-state index in [0.29, 0.717) is 17.9 Å². The monoisotopic (exact) mass is 298 g/mol. The number of nitrogens with zero attached hydrogens (tertiary/aromatic N) is 1. The zero-order valence-electron chi connectivity index (χ0n) is 12.7. The van der Waals surface area contributed by atoms with Crippen LogP contribution in [0.15, 0.2) is 29.2 Å². The van der Waals surface area contributed by atoms with Gasteiger partial charge in [-0.1, -0.05) is 19.1 Å². The van der Waals surface area contributed by atoms with Crippen molar-refractivity contribution in [2.45, 2.75) is 44.6 Å². The summed E-state index contributed by atoms with van der Waals surface area (Å²) >= 11 is 0. The van der Waals surface area contributed by atoms with Crippen molar-refractivity contribution < 1.29 is 8.42 Å². The van der Waals surface area contributed by atoms with Crippen LogP contribution in [0.2, 0.25) is 0 Å². The molecule has 0 amide bonds. The maximum Gasteiger partial charge on any atom is 0.180 e. The first-order chi connectivity index (χ1) is 9.44. The summed E-state index contributed by atoms with van der Waals surface area (Å²) in [5, 5.41) is 0. The lowest BCUT2D eigenvalue weighted by Gasteiger charge is -2.30. The van der Waals surface area contributed by atoms with Crippen molar-refractivity contribution in [1.82, 2.24) is 0 Å². The van der Waals surface area contributed by atoms with Gasteiger partial charge in [-0.15, -0.1) is 0 Å². The predicted molar refractivity (Wildman–Crippen MR) is 84.9 cm³/mol. The number of anilines is 1. The molecule has 1 aromatic carbocycles. The minimum absolute atomic E-state index is 0.187. The molecular weight excluding hydrogens is 272 g/mol. The van der Waals surface area contributed by atoms with E-state index in [1.165, 1.54) is 0 Å². The Balaban J connectivity index is 3.22. The maximum absolute atomic E-state index is 12.4. The van der Waals surface area contributed by atoms with Gasteiger partial charge in [0.05, 0.1) is 16.3 Å². The Morgan fingerprint density at radius 2 is 1.90 bits per heavy atom. The largest absolute Gasteiger partial charge is 0.368 e. The van der Waals surface area contributed by atoms with Crippen molar-refractivity contribution in [2.24, 2.45) is 5.73 Å². The van der Waals surface area contributed by atoms with Crippen LogP contribution in [0.5, 0.6) is 0 Å². The van der Waals surface area contributed by atoms with Gasteiger partial charge >= 0.3 is 0 Å². The van der Waals surface area contributed by atoms with Crippen molar-refractivity contribution in [2.75, 3.05) is 23.7 Å². The Hall–Kier alpha value is -1.07. The van der Waals surface area contributed by atoms with Gasteiger partial charge in [-0.05, 0) is 45.4 Å². The van der Waals surface area contributed by atoms with Crippen molar-refractivity contribution in [3.05, 3.63) is 24.3 Å². The van der Waals surface area contributed by atoms with Gasteiger partial charge in [0, 0.05) is 12.6 Å². The molecule has 0 aliphatic rings. The van der Waals surface area contributed by atoms with Crippen LogP contribution in [0.3, 0.4) is 0 Å². The number of nitrogens with two attached hydrogens (primary N) is 1. The molecule has 0 radical (unpaired) electrons. The van der Waals surface area contributed by atoms with Crippen LogP contribution >= 0.6 is 0 Å². The molecule has 4 nitrogen and oxygen atoms in total. The highest BCUT2D eigenvalue weighted by atomic mass is 32.2. The summed E-state index contributed by atoms with van der Waals surface area (Å²) in [6, 6.07) is 7.50. The van der Waals surface area contributed by atoms with Crippen LogP contribution in [-0.4, -0.2) is 33.3 Å². The Bertz CT molecular complexity index is 512. The Morgan fingerprint density at radius 3 is 2.45 bits per heavy atom. The smallest absolute Gasteiger partial charge is 0.180 e. The van der Waals surface area contributed by atoms with Crippen LogP contribution in [-0.2, 0) is 9.84 Å². The average Bonchev–Trinajstić information content (AvgIpc) is 2.39. The summed E-state index contributed by atoms with van der Waals surface area (Å²) in [6.45, 7) is 7.40. The number of hydrogen-bond donors (Lipinski definition) is 1. The molecule has 0 aliphatic heterocycles. The number of para-hydroxylation sites is 1. The molecule has 1 rings (SSSR count). The fourth-order valence-electron chi connectivity index (χ4n) is 2.25. The minimum Gasteiger partial charge on any atom is -0.368 e. The molecule has 0 fully saturated rings. The topological polar surface area (TPSA) is 63.4 Å². The molecule has 0 saturated carbocycles. The molecule has 0 aliphatic carbocycles. The molecule has 0 saturated heterocycles. The molecule has 2 N–H and O–H groups in total. The first-order valence-corrected chi connectivity index (χ1v) is 8.87. The van der Waals surface area contributed by atoms with E-state index in [1.54, 1.807) is 12.1 Å². The second-order valence-electron chi connectivity index (χ2n) is 5.22. The first kappa shape index (κ1) is 17.0. The number of benzene rings is 1. The van der Waals surface area contributed by atoms with Crippen molar-refractivity contribution in [1.29, 1.82) is 0 Å². The third kappa shape index (κ3) is 4.21. The summed E-state index contributed by atoms with van der Waals surface area (Å²) in [7, 11) is -3.22. The summed E-state index contributed by atoms with van der Waals surface area (Å²) in [4.78, 5) is 2.56. The molecule has 0 atom stereocenters. The van der Waals surface area contributed by atoms with Crippen molar-refractivity contribution in [3.8, 4) is 0 Å². The van der Waals surface area contributed by atoms with Gasteiger partial charge in [-0.25, -0.2) is 8.42 Å². The summed E-state index contributed by atoms with van der Waals surface area (Å²) < 4.78 is 24.8. The quantitative estimate of drug-likeness (QED) is 0.800. The fraction of sp³-hybridized carbons (Fsp3) is 0.600. The normalized spacial score (nSPS) is 11.8. The zero-order chi connectivity index (χ0) is 15.2. The van der Waals surface area contributed by atoms with Crippen molar-refractivity contribution in [3.63, 3.8) is 0 Å². The SMILES string of the molecule is CCCS(=O)(=O)c1ccccc1N(CCCN)C(C)C. The molecule has 5 heteroatoms. The zero-order valence-corrected chi connectivity index (χ0v) is 13.5. The summed E-state index contributed by atoms with van der Waals surface area (Å²) in [6.07, 6.45) is 1.47. The molecular formula is C15H26N2O2S. The van der Waals surface area contributed by atoms with Gasteiger partial charge in [0.25, 0.3) is 0 Å². The van der Waals surface area contributed by atoms with E-state index in [9.17, 15) is 8.42 Å². The molecule has 20 heavy (non-hydrogen) atoms. The Kier molecular flexibility index (Phi) is 6.49. The van der Waals surface area contributed by atoms with Crippen LogP contribution in [0.4, 0.5) is 5.69 Å². The van der Waals surface area contributed by atoms with Gasteiger partial charge < -0.3 is 10.6 Å². The van der Waals surface area contributed by atoms with Gasteiger partial charge in [0.2, 0.25) is 0 Å². The molecule has 114 valence electrons. The second-order valence-corrected chi connectivity index (χ2v) is 7.29. The number of rotatable bonds is 8. The summed E-state index contributed by atoms with van der Waals surface area (Å²) in [5.41, 5.74) is 6.38. The van der Waals surface area contributed by atoms with E-state index < -0.39 is 9.84 Å². The number of hydrogen-bond acceptors (Lipinski definition) is 4. The lowest BCUT2D eigenvalue weighted by molar-refractivity contribution is 0.592. The third-order valence-corrected chi connectivity index (χ3v) is 5.17. The standard InChI is InChI=1S/C15H26N2O2S/c1-4-12-20(18,19)15-9-6-5-8-14(15)17(13(2)3)11-7-10-16/h5-6,8-9,13H,4,7,10-12,16H2,1-3H3. The average molecular weight is 298 g/mol. The van der Waals surface area contributed by atoms with Gasteiger partial charge in [-0.2, -0.15) is 0 Å². The second kappa shape index (κ2) is 7.64. The predicted octanol–water partition coefficient (Wildman–Crippen LogP) is 2.43. The minimum atomic E-state index is -3.22. The first-order valence-electron chi connectivity index (χ1n) is 7.22. The van der Waals surface area contributed by atoms with Crippen LogP contribution < -0.4 is 10.6 Å². The Morgan fingerprint density at radius 1 is 1.25 bits per heavy atom. The highest BCUT2D eigenvalue weighted by Gasteiger charge is 2.22. The highest BCUT2D eigenvalue weighted by molar-refractivity contribution is 7.91. The number of sulfone groups is 1. The lowest BCUT2D eigenvalue weighted by Crippen LogP contribution is -2.34. The molecule has 0 aromatic heterocycles. The summed E-state index contributed by atoms with van der Waals surface area (Å²) in [5.74, 6) is 0.187. The molecule has 0 heterocycles.